The van der Waals surface area contributed by atoms with Crippen molar-refractivity contribution in [1.29, 1.82) is 0 Å². The average Bonchev–Trinajstić information content (AvgIpc) is 2.35. The van der Waals surface area contributed by atoms with Crippen molar-refractivity contribution in [1.82, 2.24) is 10.0 Å². The number of amides is 1. The number of aliphatic hydroxyl groups is 1. The second-order valence-corrected chi connectivity index (χ2v) is 3.80. The monoisotopic (exact) mass is 186 g/mol. The minimum atomic E-state index is 0.0420. The number of carbonyl (C=O) groups is 1. The second kappa shape index (κ2) is 4.58. The Morgan fingerprint density at radius 1 is 1.54 bits per heavy atom. The topological polar surface area (TPSA) is 43.8 Å². The fourth-order valence-corrected chi connectivity index (χ4v) is 1.60. The van der Waals surface area contributed by atoms with Gasteiger partial charge in [0.05, 0.1) is 13.2 Å². The molecule has 1 saturated heterocycles. The van der Waals surface area contributed by atoms with Crippen LogP contribution in [0.3, 0.4) is 0 Å². The summed E-state index contributed by atoms with van der Waals surface area (Å²) >= 11 is 0. The lowest BCUT2D eigenvalue weighted by Crippen LogP contribution is -2.42. The van der Waals surface area contributed by atoms with Crippen LogP contribution in [0.15, 0.2) is 0 Å². The molecule has 1 aliphatic heterocycles. The molecule has 1 aliphatic rings. The highest BCUT2D eigenvalue weighted by Crippen LogP contribution is 2.13. The minimum Gasteiger partial charge on any atom is -0.394 e. The zero-order valence-electron chi connectivity index (χ0n) is 8.36. The van der Waals surface area contributed by atoms with Gasteiger partial charge in [0.2, 0.25) is 5.91 Å². The van der Waals surface area contributed by atoms with E-state index in [1.807, 2.05) is 5.01 Å². The van der Waals surface area contributed by atoms with E-state index in [1.165, 1.54) is 0 Å². The number of rotatable bonds is 4. The van der Waals surface area contributed by atoms with Crippen molar-refractivity contribution in [3.8, 4) is 0 Å². The van der Waals surface area contributed by atoms with Crippen LogP contribution in [-0.2, 0) is 4.79 Å². The molecule has 4 nitrogen and oxygen atoms in total. The summed E-state index contributed by atoms with van der Waals surface area (Å²) in [5.41, 5.74) is 0. The number of hydrogen-bond donors (Lipinski definition) is 1. The van der Waals surface area contributed by atoms with E-state index >= 15 is 0 Å². The van der Waals surface area contributed by atoms with Gasteiger partial charge in [0.1, 0.15) is 0 Å². The third-order valence-electron chi connectivity index (χ3n) is 2.10. The maximum absolute atomic E-state index is 11.3. The van der Waals surface area contributed by atoms with E-state index < -0.39 is 0 Å². The summed E-state index contributed by atoms with van der Waals surface area (Å²) in [6.07, 6.45) is 0.590. The van der Waals surface area contributed by atoms with Gasteiger partial charge in [0.25, 0.3) is 0 Å². The largest absolute Gasteiger partial charge is 0.394 e. The molecular weight excluding hydrogens is 168 g/mol. The van der Waals surface area contributed by atoms with Crippen molar-refractivity contribution in [2.75, 3.05) is 26.2 Å². The molecule has 1 N–H and O–H groups in total. The Bertz CT molecular complexity index is 182. The van der Waals surface area contributed by atoms with Gasteiger partial charge in [-0.15, -0.1) is 0 Å². The van der Waals surface area contributed by atoms with E-state index in [9.17, 15) is 4.79 Å². The maximum atomic E-state index is 11.3. The molecule has 1 fully saturated rings. The molecular formula is C9H18N2O2. The van der Waals surface area contributed by atoms with Gasteiger partial charge in [-0.05, 0) is 5.92 Å². The number of hydrazine groups is 1. The van der Waals surface area contributed by atoms with Crippen molar-refractivity contribution in [3.63, 3.8) is 0 Å². The highest BCUT2D eigenvalue weighted by molar-refractivity contribution is 5.77. The summed E-state index contributed by atoms with van der Waals surface area (Å²) < 4.78 is 0. The minimum absolute atomic E-state index is 0.0420. The summed E-state index contributed by atoms with van der Waals surface area (Å²) in [6, 6.07) is 0. The summed E-state index contributed by atoms with van der Waals surface area (Å²) in [5, 5.41) is 12.5. The van der Waals surface area contributed by atoms with E-state index in [2.05, 4.69) is 13.8 Å². The third kappa shape index (κ3) is 2.67. The molecule has 1 heterocycles. The van der Waals surface area contributed by atoms with E-state index in [4.69, 9.17) is 5.11 Å². The summed E-state index contributed by atoms with van der Waals surface area (Å²) in [6.45, 7) is 6.43. The Kier molecular flexibility index (Phi) is 3.69. The molecule has 0 aromatic rings. The van der Waals surface area contributed by atoms with Gasteiger partial charge in [0, 0.05) is 19.5 Å². The van der Waals surface area contributed by atoms with Crippen LogP contribution >= 0.6 is 0 Å². The van der Waals surface area contributed by atoms with E-state index in [1.54, 1.807) is 5.01 Å². The van der Waals surface area contributed by atoms with Gasteiger partial charge in [-0.1, -0.05) is 13.8 Å². The first kappa shape index (κ1) is 10.5. The molecule has 4 heteroatoms. The van der Waals surface area contributed by atoms with Gasteiger partial charge in [-0.2, -0.15) is 0 Å². The van der Waals surface area contributed by atoms with Crippen LogP contribution in [0.4, 0.5) is 0 Å². The molecule has 0 spiro atoms. The highest BCUT2D eigenvalue weighted by atomic mass is 16.3. The molecule has 0 bridgehead atoms. The Morgan fingerprint density at radius 2 is 2.23 bits per heavy atom. The number of β-amino-alcohol motifs (C(OH)–C–C–N with tert-alkyl or cyclic N) is 1. The van der Waals surface area contributed by atoms with Gasteiger partial charge < -0.3 is 5.11 Å². The predicted octanol–water partition coefficient (Wildman–Crippen LogP) is 0.0840. The Balaban J connectivity index is 2.48. The first-order valence-corrected chi connectivity index (χ1v) is 4.81. The zero-order valence-corrected chi connectivity index (χ0v) is 8.36. The van der Waals surface area contributed by atoms with Crippen LogP contribution in [0.1, 0.15) is 20.3 Å². The van der Waals surface area contributed by atoms with Crippen LogP contribution in [-0.4, -0.2) is 47.3 Å². The van der Waals surface area contributed by atoms with E-state index in [0.717, 1.165) is 13.1 Å². The van der Waals surface area contributed by atoms with E-state index in [0.29, 0.717) is 18.9 Å². The van der Waals surface area contributed by atoms with Crippen LogP contribution < -0.4 is 0 Å². The van der Waals surface area contributed by atoms with Crippen LogP contribution in [0.5, 0.6) is 0 Å². The third-order valence-corrected chi connectivity index (χ3v) is 2.10. The SMILES string of the molecule is CC(C)CN1CCC(=O)N1CCO. The van der Waals surface area contributed by atoms with Crippen molar-refractivity contribution in [2.24, 2.45) is 5.92 Å². The lowest BCUT2D eigenvalue weighted by atomic mass is 10.2. The molecule has 0 radical (unpaired) electrons. The number of aliphatic hydroxyl groups excluding tert-OH is 1. The molecule has 0 unspecified atom stereocenters. The Labute approximate surface area is 79.1 Å². The lowest BCUT2D eigenvalue weighted by molar-refractivity contribution is -0.139. The van der Waals surface area contributed by atoms with Crippen molar-refractivity contribution in [2.45, 2.75) is 20.3 Å². The standard InChI is InChI=1S/C9H18N2O2/c1-8(2)7-10-4-3-9(13)11(10)5-6-12/h8,12H,3-7H2,1-2H3. The fourth-order valence-electron chi connectivity index (χ4n) is 1.60. The average molecular weight is 186 g/mol. The highest BCUT2D eigenvalue weighted by Gasteiger charge is 2.28. The van der Waals surface area contributed by atoms with Gasteiger partial charge in [-0.3, -0.25) is 9.80 Å². The van der Waals surface area contributed by atoms with Crippen LogP contribution in [0, 0.1) is 5.92 Å². The van der Waals surface area contributed by atoms with Crippen LogP contribution in [0.2, 0.25) is 0 Å². The molecule has 0 saturated carbocycles. The molecule has 13 heavy (non-hydrogen) atoms. The smallest absolute Gasteiger partial charge is 0.238 e. The Morgan fingerprint density at radius 3 is 2.77 bits per heavy atom. The summed E-state index contributed by atoms with van der Waals surface area (Å²) in [4.78, 5) is 11.3. The molecule has 0 aromatic heterocycles. The van der Waals surface area contributed by atoms with Crippen molar-refractivity contribution >= 4 is 5.91 Å². The molecule has 1 rings (SSSR count). The number of hydrogen-bond acceptors (Lipinski definition) is 3. The molecule has 0 aromatic carbocycles. The normalized spacial score (nSPS) is 19.1. The quantitative estimate of drug-likeness (QED) is 0.676. The maximum Gasteiger partial charge on any atom is 0.238 e. The lowest BCUT2D eigenvalue weighted by Gasteiger charge is -2.28. The number of nitrogens with zero attached hydrogens (tertiary/aromatic N) is 2. The van der Waals surface area contributed by atoms with Crippen molar-refractivity contribution in [3.05, 3.63) is 0 Å². The molecule has 76 valence electrons. The predicted molar refractivity (Wildman–Crippen MR) is 49.8 cm³/mol. The second-order valence-electron chi connectivity index (χ2n) is 3.80. The van der Waals surface area contributed by atoms with Gasteiger partial charge >= 0.3 is 0 Å². The first-order valence-electron chi connectivity index (χ1n) is 4.81. The van der Waals surface area contributed by atoms with Gasteiger partial charge in [-0.25, -0.2) is 5.01 Å². The number of carbonyl (C=O) groups excluding carboxylic acids is 1. The summed E-state index contributed by atoms with van der Waals surface area (Å²) in [5.74, 6) is 0.682. The molecule has 1 amide bonds. The van der Waals surface area contributed by atoms with Crippen molar-refractivity contribution < 1.29 is 9.90 Å². The van der Waals surface area contributed by atoms with Gasteiger partial charge in [0.15, 0.2) is 0 Å². The zero-order chi connectivity index (χ0) is 9.84. The molecule has 0 atom stereocenters. The Hall–Kier alpha value is -0.610. The van der Waals surface area contributed by atoms with Crippen LogP contribution in [0.25, 0.3) is 0 Å². The first-order chi connectivity index (χ1) is 6.15. The van der Waals surface area contributed by atoms with E-state index in [-0.39, 0.29) is 12.5 Å². The molecule has 0 aliphatic carbocycles. The summed E-state index contributed by atoms with van der Waals surface area (Å²) in [7, 11) is 0. The fraction of sp³-hybridized carbons (Fsp3) is 0.889.